The molecule has 1 aromatic carbocycles. The lowest BCUT2D eigenvalue weighted by Gasteiger charge is -2.10. The number of thiazole rings is 1. The fraction of sp³-hybridized carbons (Fsp3) is 0.333. The van der Waals surface area contributed by atoms with Crippen molar-refractivity contribution in [3.63, 3.8) is 0 Å². The quantitative estimate of drug-likeness (QED) is 0.305. The minimum absolute atomic E-state index is 0.153. The molecule has 33 heavy (non-hydrogen) atoms. The summed E-state index contributed by atoms with van der Waals surface area (Å²) < 4.78 is 36.0. The molecule has 1 aliphatic rings. The van der Waals surface area contributed by atoms with Crippen LogP contribution in [0.15, 0.2) is 41.3 Å². The van der Waals surface area contributed by atoms with Crippen molar-refractivity contribution in [2.45, 2.75) is 16.6 Å². The van der Waals surface area contributed by atoms with E-state index in [1.54, 1.807) is 12.1 Å². The molecule has 3 aromatic rings. The third kappa shape index (κ3) is 5.19. The second-order valence-corrected chi connectivity index (χ2v) is 10.5. The molecule has 2 aromatic heterocycles. The van der Waals surface area contributed by atoms with Gasteiger partial charge in [0.1, 0.15) is 22.7 Å². The van der Waals surface area contributed by atoms with Gasteiger partial charge in [0.25, 0.3) is 5.91 Å². The van der Waals surface area contributed by atoms with Gasteiger partial charge >= 0.3 is 0 Å². The Morgan fingerprint density at radius 3 is 2.73 bits per heavy atom. The van der Waals surface area contributed by atoms with E-state index < -0.39 is 21.0 Å². The first-order chi connectivity index (χ1) is 15.9. The molecule has 1 fully saturated rings. The molecule has 1 atom stereocenters. The molecule has 3 heterocycles. The van der Waals surface area contributed by atoms with E-state index >= 15 is 0 Å². The molecule has 0 spiro atoms. The number of carbonyl (C=O) groups excluding carboxylic acids is 1. The summed E-state index contributed by atoms with van der Waals surface area (Å²) in [6.07, 6.45) is 0.461. The van der Waals surface area contributed by atoms with Gasteiger partial charge in [-0.3, -0.25) is 15.5 Å². The Labute approximate surface area is 194 Å². The number of nitrogens with one attached hydrogen (secondary N) is 3. The average molecular weight is 490 g/mol. The van der Waals surface area contributed by atoms with E-state index in [1.165, 1.54) is 35.6 Å². The number of amides is 1. The van der Waals surface area contributed by atoms with Crippen molar-refractivity contribution in [2.24, 2.45) is 0 Å². The van der Waals surface area contributed by atoms with E-state index in [-0.39, 0.29) is 17.2 Å². The van der Waals surface area contributed by atoms with Crippen molar-refractivity contribution in [3.05, 3.63) is 42.0 Å². The van der Waals surface area contributed by atoms with E-state index in [0.29, 0.717) is 53.1 Å². The molecule has 0 aliphatic carbocycles. The van der Waals surface area contributed by atoms with E-state index in [0.717, 1.165) is 0 Å². The number of hydrogen-bond acceptors (Lipinski definition) is 10. The first-order valence-corrected chi connectivity index (χ1v) is 12.6. The maximum Gasteiger partial charge on any atom is 0.275 e. The van der Waals surface area contributed by atoms with Crippen molar-refractivity contribution >= 4 is 48.3 Å². The van der Waals surface area contributed by atoms with Crippen LogP contribution in [0.25, 0.3) is 10.3 Å². The Hall–Kier alpha value is -2.93. The highest BCUT2D eigenvalue weighted by molar-refractivity contribution is 7.92. The predicted molar refractivity (Wildman–Crippen MR) is 125 cm³/mol. The SMILES string of the molecule is CNCCOc1ccc2nc(NC(=O)C(=N)c3ccc(S(=O)(=O)[C@H]4CCOC4)cc3)sc2n1. The third-order valence-corrected chi connectivity index (χ3v) is 8.14. The van der Waals surface area contributed by atoms with Crippen LogP contribution in [-0.2, 0) is 19.4 Å². The van der Waals surface area contributed by atoms with Gasteiger partial charge in [-0.1, -0.05) is 23.5 Å². The highest BCUT2D eigenvalue weighted by Crippen LogP contribution is 2.27. The molecule has 1 saturated heterocycles. The van der Waals surface area contributed by atoms with Crippen LogP contribution >= 0.6 is 11.3 Å². The summed E-state index contributed by atoms with van der Waals surface area (Å²) in [4.78, 5) is 22.0. The molecule has 0 bridgehead atoms. The summed E-state index contributed by atoms with van der Waals surface area (Å²) in [6.45, 7) is 1.78. The molecule has 0 radical (unpaired) electrons. The summed E-state index contributed by atoms with van der Waals surface area (Å²) in [5.41, 5.74) is 0.605. The number of nitrogens with zero attached hydrogens (tertiary/aromatic N) is 2. The minimum atomic E-state index is -3.50. The van der Waals surface area contributed by atoms with Crippen LogP contribution in [0.2, 0.25) is 0 Å². The van der Waals surface area contributed by atoms with Crippen LogP contribution in [0.5, 0.6) is 5.88 Å². The van der Waals surface area contributed by atoms with Crippen LogP contribution < -0.4 is 15.4 Å². The number of aromatic nitrogens is 2. The summed E-state index contributed by atoms with van der Waals surface area (Å²) in [7, 11) is -1.67. The van der Waals surface area contributed by atoms with Gasteiger partial charge in [-0.2, -0.15) is 0 Å². The zero-order chi connectivity index (χ0) is 23.4. The van der Waals surface area contributed by atoms with Gasteiger partial charge in [0, 0.05) is 24.8 Å². The maximum atomic E-state index is 12.6. The third-order valence-electron chi connectivity index (χ3n) is 5.08. The topological polar surface area (TPSA) is 143 Å². The van der Waals surface area contributed by atoms with Gasteiger partial charge in [0.15, 0.2) is 15.0 Å². The fourth-order valence-electron chi connectivity index (χ4n) is 3.24. The molecule has 0 unspecified atom stereocenters. The normalized spacial score (nSPS) is 16.1. The monoisotopic (exact) mass is 489 g/mol. The van der Waals surface area contributed by atoms with Crippen LogP contribution in [0.4, 0.5) is 5.13 Å². The number of carbonyl (C=O) groups is 1. The number of ether oxygens (including phenoxy) is 2. The number of fused-ring (bicyclic) bond motifs is 1. The molecule has 174 valence electrons. The molecule has 10 nitrogen and oxygen atoms in total. The molecule has 3 N–H and O–H groups in total. The maximum absolute atomic E-state index is 12.6. The molecule has 4 rings (SSSR count). The van der Waals surface area contributed by atoms with Gasteiger partial charge in [-0.25, -0.2) is 18.4 Å². The zero-order valence-corrected chi connectivity index (χ0v) is 19.5. The summed E-state index contributed by atoms with van der Waals surface area (Å²) in [6, 6.07) is 9.21. The Morgan fingerprint density at radius 1 is 1.24 bits per heavy atom. The van der Waals surface area contributed by atoms with Crippen LogP contribution in [0, 0.1) is 5.41 Å². The Bertz CT molecular complexity index is 1270. The van der Waals surface area contributed by atoms with Crippen LogP contribution in [0.3, 0.4) is 0 Å². The first-order valence-electron chi connectivity index (χ1n) is 10.3. The van der Waals surface area contributed by atoms with Crippen molar-refractivity contribution < 1.29 is 22.7 Å². The van der Waals surface area contributed by atoms with E-state index in [2.05, 4.69) is 20.6 Å². The van der Waals surface area contributed by atoms with Gasteiger partial charge in [-0.15, -0.1) is 0 Å². The Balaban J connectivity index is 1.43. The molecule has 1 aliphatic heterocycles. The number of benzene rings is 1. The number of hydrogen-bond donors (Lipinski definition) is 3. The molecular formula is C21H23N5O5S2. The predicted octanol–water partition coefficient (Wildman–Crippen LogP) is 1.86. The smallest absolute Gasteiger partial charge is 0.275 e. The summed E-state index contributed by atoms with van der Waals surface area (Å²) >= 11 is 1.17. The van der Waals surface area contributed by atoms with Crippen LogP contribution in [0.1, 0.15) is 12.0 Å². The highest BCUT2D eigenvalue weighted by Gasteiger charge is 2.31. The number of anilines is 1. The number of pyridine rings is 1. The fourth-order valence-corrected chi connectivity index (χ4v) is 5.65. The molecular weight excluding hydrogens is 466 g/mol. The Kier molecular flexibility index (Phi) is 6.98. The number of likely N-dealkylation sites (N-methyl/N-ethyl adjacent to an activating group) is 1. The van der Waals surface area contributed by atoms with Gasteiger partial charge in [0.2, 0.25) is 5.88 Å². The second kappa shape index (κ2) is 9.91. The number of sulfone groups is 1. The molecule has 0 saturated carbocycles. The standard InChI is InChI=1S/C21H23N5O5S2/c1-23-9-11-31-17-7-6-16-20(25-17)32-21(24-16)26-19(27)18(22)13-2-4-14(5-3-13)33(28,29)15-8-10-30-12-15/h2-7,15,22-23H,8-12H2,1H3,(H,24,26,27)/t15-/m0/s1. The molecule has 1 amide bonds. The lowest BCUT2D eigenvalue weighted by Crippen LogP contribution is -2.23. The minimum Gasteiger partial charge on any atom is -0.476 e. The van der Waals surface area contributed by atoms with Crippen molar-refractivity contribution in [1.82, 2.24) is 15.3 Å². The van der Waals surface area contributed by atoms with E-state index in [4.69, 9.17) is 14.9 Å². The van der Waals surface area contributed by atoms with Crippen LogP contribution in [-0.4, -0.2) is 68.7 Å². The van der Waals surface area contributed by atoms with Crippen molar-refractivity contribution in [3.8, 4) is 5.88 Å². The average Bonchev–Trinajstić information content (AvgIpc) is 3.49. The van der Waals surface area contributed by atoms with Gasteiger partial charge in [0.05, 0.1) is 16.8 Å². The zero-order valence-electron chi connectivity index (χ0n) is 17.8. The second-order valence-electron chi connectivity index (χ2n) is 7.33. The highest BCUT2D eigenvalue weighted by atomic mass is 32.2. The number of rotatable bonds is 9. The molecule has 12 heteroatoms. The lowest BCUT2D eigenvalue weighted by molar-refractivity contribution is -0.110. The van der Waals surface area contributed by atoms with Crippen molar-refractivity contribution in [1.29, 1.82) is 5.41 Å². The first kappa shape index (κ1) is 23.2. The van der Waals surface area contributed by atoms with Gasteiger partial charge in [-0.05, 0) is 31.7 Å². The summed E-state index contributed by atoms with van der Waals surface area (Å²) in [5, 5.41) is 13.5. The van der Waals surface area contributed by atoms with E-state index in [1.807, 2.05) is 7.05 Å². The summed E-state index contributed by atoms with van der Waals surface area (Å²) in [5.74, 6) is -0.189. The Morgan fingerprint density at radius 2 is 2.03 bits per heavy atom. The van der Waals surface area contributed by atoms with Crippen molar-refractivity contribution in [2.75, 3.05) is 38.7 Å². The lowest BCUT2D eigenvalue weighted by atomic mass is 10.1. The largest absolute Gasteiger partial charge is 0.476 e. The van der Waals surface area contributed by atoms with E-state index in [9.17, 15) is 13.2 Å². The van der Waals surface area contributed by atoms with Gasteiger partial charge < -0.3 is 14.8 Å².